The minimum Gasteiger partial charge on any atom is -0.361 e. The van der Waals surface area contributed by atoms with E-state index in [-0.39, 0.29) is 17.5 Å². The zero-order valence-electron chi connectivity index (χ0n) is 16.0. The van der Waals surface area contributed by atoms with Crippen LogP contribution in [0.25, 0.3) is 10.9 Å². The van der Waals surface area contributed by atoms with Crippen molar-refractivity contribution in [3.05, 3.63) is 64.5 Å². The number of carbonyl (C=O) groups is 1. The summed E-state index contributed by atoms with van der Waals surface area (Å²) in [6, 6.07) is 11.2. The van der Waals surface area contributed by atoms with Crippen LogP contribution in [-0.4, -0.2) is 40.4 Å². The first kappa shape index (κ1) is 18.9. The van der Waals surface area contributed by atoms with E-state index in [2.05, 4.69) is 21.4 Å². The Hall–Kier alpha value is -3.42. The van der Waals surface area contributed by atoms with Crippen molar-refractivity contribution in [3.63, 3.8) is 0 Å². The van der Waals surface area contributed by atoms with Gasteiger partial charge in [-0.15, -0.1) is 0 Å². The molecule has 0 aliphatic carbocycles. The van der Waals surface area contributed by atoms with Crippen molar-refractivity contribution in [2.24, 2.45) is 5.92 Å². The van der Waals surface area contributed by atoms with Crippen molar-refractivity contribution in [2.45, 2.75) is 19.3 Å². The number of rotatable bonds is 6. The average Bonchev–Trinajstić information content (AvgIpc) is 3.17. The van der Waals surface area contributed by atoms with Crippen LogP contribution in [-0.2, 0) is 11.2 Å². The van der Waals surface area contributed by atoms with Crippen LogP contribution in [0.4, 0.5) is 11.5 Å². The van der Waals surface area contributed by atoms with Crippen molar-refractivity contribution in [2.75, 3.05) is 24.5 Å². The molecule has 0 radical (unpaired) electrons. The second-order valence-electron chi connectivity index (χ2n) is 7.32. The molecule has 3 heterocycles. The van der Waals surface area contributed by atoms with Crippen molar-refractivity contribution in [3.8, 4) is 0 Å². The number of aromatic nitrogens is 2. The predicted octanol–water partition coefficient (Wildman–Crippen LogP) is 3.05. The number of nitrogens with zero attached hydrogens (tertiary/aromatic N) is 3. The lowest BCUT2D eigenvalue weighted by atomic mass is 9.97. The highest BCUT2D eigenvalue weighted by Gasteiger charge is 2.26. The van der Waals surface area contributed by atoms with Gasteiger partial charge in [0, 0.05) is 42.8 Å². The van der Waals surface area contributed by atoms with Gasteiger partial charge in [0.1, 0.15) is 12.0 Å². The summed E-state index contributed by atoms with van der Waals surface area (Å²) in [6.07, 6.45) is 5.76. The van der Waals surface area contributed by atoms with Crippen LogP contribution in [0.1, 0.15) is 18.4 Å². The SMILES string of the molecule is O=C(NCCc1c[nH]c2ccccc12)C1CCCN(c2ccc([N+](=O)[O-])cn2)C1. The molecule has 8 heteroatoms. The molecule has 3 aromatic rings. The fraction of sp³-hybridized carbons (Fsp3) is 0.333. The highest BCUT2D eigenvalue weighted by molar-refractivity contribution is 5.83. The van der Waals surface area contributed by atoms with E-state index in [9.17, 15) is 14.9 Å². The van der Waals surface area contributed by atoms with Crippen LogP contribution < -0.4 is 10.2 Å². The first-order valence-corrected chi connectivity index (χ1v) is 9.80. The summed E-state index contributed by atoms with van der Waals surface area (Å²) >= 11 is 0. The third-order valence-corrected chi connectivity index (χ3v) is 5.43. The number of para-hydroxylation sites is 1. The van der Waals surface area contributed by atoms with Crippen LogP contribution >= 0.6 is 0 Å². The third-order valence-electron chi connectivity index (χ3n) is 5.43. The minimum absolute atomic E-state index is 0.0302. The Balaban J connectivity index is 1.32. The summed E-state index contributed by atoms with van der Waals surface area (Å²) in [7, 11) is 0. The van der Waals surface area contributed by atoms with Gasteiger partial charge >= 0.3 is 0 Å². The van der Waals surface area contributed by atoms with Crippen LogP contribution in [0.15, 0.2) is 48.8 Å². The van der Waals surface area contributed by atoms with Gasteiger partial charge in [0.2, 0.25) is 5.91 Å². The molecule has 2 aromatic heterocycles. The Morgan fingerprint density at radius 3 is 2.97 bits per heavy atom. The fourth-order valence-corrected chi connectivity index (χ4v) is 3.88. The van der Waals surface area contributed by atoms with Crippen molar-refractivity contribution >= 4 is 28.3 Å². The highest BCUT2D eigenvalue weighted by Crippen LogP contribution is 2.23. The van der Waals surface area contributed by atoms with Gasteiger partial charge in [-0.2, -0.15) is 0 Å². The maximum atomic E-state index is 12.7. The fourth-order valence-electron chi connectivity index (χ4n) is 3.88. The number of pyridine rings is 1. The van der Waals surface area contributed by atoms with E-state index in [0.29, 0.717) is 18.9 Å². The first-order chi connectivity index (χ1) is 14.1. The summed E-state index contributed by atoms with van der Waals surface area (Å²) in [5.41, 5.74) is 2.27. The molecule has 8 nitrogen and oxygen atoms in total. The Kier molecular flexibility index (Phi) is 5.41. The number of nitro groups is 1. The smallest absolute Gasteiger partial charge is 0.287 e. The Morgan fingerprint density at radius 2 is 2.17 bits per heavy atom. The Bertz CT molecular complexity index is 1010. The van der Waals surface area contributed by atoms with Gasteiger partial charge in [0.25, 0.3) is 5.69 Å². The average molecular weight is 393 g/mol. The van der Waals surface area contributed by atoms with Gasteiger partial charge < -0.3 is 15.2 Å². The number of nitrogens with one attached hydrogen (secondary N) is 2. The van der Waals surface area contributed by atoms with Gasteiger partial charge in [-0.3, -0.25) is 14.9 Å². The number of amides is 1. The molecule has 0 saturated carbocycles. The largest absolute Gasteiger partial charge is 0.361 e. The van der Waals surface area contributed by atoms with E-state index in [1.807, 2.05) is 29.3 Å². The molecule has 29 heavy (non-hydrogen) atoms. The molecule has 1 amide bonds. The summed E-state index contributed by atoms with van der Waals surface area (Å²) < 4.78 is 0. The first-order valence-electron chi connectivity index (χ1n) is 9.80. The zero-order chi connectivity index (χ0) is 20.2. The number of hydrogen-bond acceptors (Lipinski definition) is 5. The number of H-pyrrole nitrogens is 1. The lowest BCUT2D eigenvalue weighted by Gasteiger charge is -2.32. The molecule has 1 saturated heterocycles. The number of aromatic amines is 1. The second kappa shape index (κ2) is 8.30. The molecule has 0 bridgehead atoms. The topological polar surface area (TPSA) is 104 Å². The van der Waals surface area contributed by atoms with Crippen molar-refractivity contribution in [1.82, 2.24) is 15.3 Å². The van der Waals surface area contributed by atoms with Crippen LogP contribution in [0.5, 0.6) is 0 Å². The van der Waals surface area contributed by atoms with Gasteiger partial charge in [-0.05, 0) is 37.0 Å². The van der Waals surface area contributed by atoms with E-state index < -0.39 is 4.92 Å². The normalized spacial score (nSPS) is 16.7. The molecule has 1 atom stereocenters. The monoisotopic (exact) mass is 393 g/mol. The number of fused-ring (bicyclic) bond motifs is 1. The molecule has 150 valence electrons. The van der Waals surface area contributed by atoms with E-state index in [0.717, 1.165) is 31.3 Å². The van der Waals surface area contributed by atoms with Gasteiger partial charge in [0.15, 0.2) is 0 Å². The molecule has 1 aromatic carbocycles. The summed E-state index contributed by atoms with van der Waals surface area (Å²) in [4.78, 5) is 32.5. The quantitative estimate of drug-likeness (QED) is 0.495. The molecule has 1 aliphatic rings. The molecule has 4 rings (SSSR count). The lowest BCUT2D eigenvalue weighted by Crippen LogP contribution is -2.43. The standard InChI is InChI=1S/C21H23N5O3/c27-21(22-10-9-15-12-23-19-6-2-1-5-18(15)19)16-4-3-11-25(14-16)20-8-7-17(13-24-20)26(28)29/h1-2,5-8,12-13,16,23H,3-4,9-11,14H2,(H,22,27). The van der Waals surface area contributed by atoms with Crippen LogP contribution in [0.3, 0.4) is 0 Å². The van der Waals surface area contributed by atoms with Crippen LogP contribution in [0.2, 0.25) is 0 Å². The number of carbonyl (C=O) groups excluding carboxylic acids is 1. The molecule has 1 fully saturated rings. The maximum Gasteiger partial charge on any atom is 0.287 e. The number of hydrogen-bond donors (Lipinski definition) is 2. The molecule has 1 aliphatic heterocycles. The van der Waals surface area contributed by atoms with Crippen LogP contribution in [0, 0.1) is 16.0 Å². The van der Waals surface area contributed by atoms with Gasteiger partial charge in [0.05, 0.1) is 10.8 Å². The van der Waals surface area contributed by atoms with Gasteiger partial charge in [-0.1, -0.05) is 18.2 Å². The number of anilines is 1. The van der Waals surface area contributed by atoms with E-state index in [4.69, 9.17) is 0 Å². The van der Waals surface area contributed by atoms with E-state index >= 15 is 0 Å². The highest BCUT2D eigenvalue weighted by atomic mass is 16.6. The van der Waals surface area contributed by atoms with Crippen molar-refractivity contribution < 1.29 is 9.72 Å². The van der Waals surface area contributed by atoms with Gasteiger partial charge in [-0.25, -0.2) is 4.98 Å². The second-order valence-corrected chi connectivity index (χ2v) is 7.32. The molecular weight excluding hydrogens is 370 g/mol. The van der Waals surface area contributed by atoms with Crippen molar-refractivity contribution in [1.29, 1.82) is 0 Å². The molecule has 1 unspecified atom stereocenters. The molecular formula is C21H23N5O3. The molecule has 0 spiro atoms. The molecule has 2 N–H and O–H groups in total. The predicted molar refractivity (Wildman–Crippen MR) is 111 cm³/mol. The number of piperidine rings is 1. The van der Waals surface area contributed by atoms with E-state index in [1.165, 1.54) is 23.2 Å². The Labute approximate surface area is 168 Å². The summed E-state index contributed by atoms with van der Waals surface area (Å²) in [5.74, 6) is 0.618. The maximum absolute atomic E-state index is 12.7. The number of benzene rings is 1. The lowest BCUT2D eigenvalue weighted by molar-refractivity contribution is -0.385. The zero-order valence-corrected chi connectivity index (χ0v) is 16.0. The minimum atomic E-state index is -0.461. The third kappa shape index (κ3) is 4.21. The summed E-state index contributed by atoms with van der Waals surface area (Å²) in [6.45, 7) is 1.96. The summed E-state index contributed by atoms with van der Waals surface area (Å²) in [5, 5.41) is 15.0. The Morgan fingerprint density at radius 1 is 1.31 bits per heavy atom. The van der Waals surface area contributed by atoms with E-state index in [1.54, 1.807) is 6.07 Å².